The Balaban J connectivity index is 2.02. The van der Waals surface area contributed by atoms with Crippen LogP contribution in [-0.2, 0) is 23.9 Å². The maximum atomic E-state index is 13.1. The molecule has 0 bridgehead atoms. The molecule has 1 spiro atoms. The molecule has 0 saturated carbocycles. The van der Waals surface area contributed by atoms with Gasteiger partial charge in [0.1, 0.15) is 11.5 Å². The Kier molecular flexibility index (Phi) is 4.23. The number of hydrazine groups is 1. The first-order chi connectivity index (χ1) is 12.3. The maximum absolute atomic E-state index is 13.1. The summed E-state index contributed by atoms with van der Waals surface area (Å²) in [5, 5.41) is 0.947. The summed E-state index contributed by atoms with van der Waals surface area (Å²) >= 11 is 0. The zero-order chi connectivity index (χ0) is 19.1. The highest BCUT2D eigenvalue weighted by Crippen LogP contribution is 2.38. The Labute approximate surface area is 148 Å². The molecule has 1 aromatic rings. The third-order valence-electron chi connectivity index (χ3n) is 4.15. The van der Waals surface area contributed by atoms with Crippen LogP contribution in [-0.4, -0.2) is 40.8 Å². The summed E-state index contributed by atoms with van der Waals surface area (Å²) in [7, 11) is 0. The van der Waals surface area contributed by atoms with Crippen molar-refractivity contribution in [1.29, 1.82) is 0 Å². The number of rotatable bonds is 3. The molecule has 9 heteroatoms. The second-order valence-electron chi connectivity index (χ2n) is 5.86. The van der Waals surface area contributed by atoms with E-state index in [0.29, 0.717) is 0 Å². The van der Waals surface area contributed by atoms with E-state index in [1.54, 1.807) is 6.92 Å². The third-order valence-corrected chi connectivity index (χ3v) is 4.15. The number of nitrogens with one attached hydrogen (secondary N) is 1. The average Bonchev–Trinajstić information content (AvgIpc) is 3.08. The number of carbonyl (C=O) groups excluding carboxylic acids is 4. The summed E-state index contributed by atoms with van der Waals surface area (Å²) in [4.78, 5) is 50.4. The lowest BCUT2D eigenvalue weighted by Gasteiger charge is -2.30. The van der Waals surface area contributed by atoms with Crippen LogP contribution in [0.1, 0.15) is 20.3 Å². The standard InChI is InChI=1S/C17H16FN3O5/c1-3-26-15(24)13-8-17(21(19-13)10(2)22)9-14(23)20(16(17)25)12-6-4-11(18)5-7-12/h4-8,19H,3,9H2,1-2H3/t17-/m1/s1. The van der Waals surface area contributed by atoms with Crippen molar-refractivity contribution < 1.29 is 28.3 Å². The second-order valence-corrected chi connectivity index (χ2v) is 5.86. The Morgan fingerprint density at radius 1 is 1.27 bits per heavy atom. The van der Waals surface area contributed by atoms with Gasteiger partial charge < -0.3 is 4.74 Å². The van der Waals surface area contributed by atoms with Gasteiger partial charge in [-0.2, -0.15) is 0 Å². The number of amides is 3. The molecule has 0 unspecified atom stereocenters. The van der Waals surface area contributed by atoms with E-state index in [1.165, 1.54) is 25.1 Å². The topological polar surface area (TPSA) is 96.0 Å². The molecule has 1 saturated heterocycles. The van der Waals surface area contributed by atoms with Crippen molar-refractivity contribution in [2.75, 3.05) is 11.5 Å². The van der Waals surface area contributed by atoms with Gasteiger partial charge in [-0.05, 0) is 37.3 Å². The Bertz CT molecular complexity index is 835. The summed E-state index contributed by atoms with van der Waals surface area (Å²) in [5.74, 6) is -3.09. The molecule has 2 aliphatic rings. The minimum Gasteiger partial charge on any atom is -0.461 e. The highest BCUT2D eigenvalue weighted by molar-refractivity contribution is 6.26. The average molecular weight is 361 g/mol. The fourth-order valence-corrected chi connectivity index (χ4v) is 3.06. The van der Waals surface area contributed by atoms with E-state index in [-0.39, 0.29) is 24.4 Å². The molecular formula is C17H16FN3O5. The van der Waals surface area contributed by atoms with Crippen molar-refractivity contribution in [3.63, 3.8) is 0 Å². The van der Waals surface area contributed by atoms with Crippen molar-refractivity contribution >= 4 is 29.4 Å². The number of carbonyl (C=O) groups is 4. The molecule has 136 valence electrons. The van der Waals surface area contributed by atoms with Gasteiger partial charge >= 0.3 is 5.97 Å². The van der Waals surface area contributed by atoms with E-state index in [4.69, 9.17) is 4.74 Å². The molecule has 3 amide bonds. The first-order valence-electron chi connectivity index (χ1n) is 7.90. The van der Waals surface area contributed by atoms with Crippen LogP contribution in [0, 0.1) is 5.82 Å². The van der Waals surface area contributed by atoms with Gasteiger partial charge in [0.25, 0.3) is 5.91 Å². The van der Waals surface area contributed by atoms with Gasteiger partial charge in [-0.1, -0.05) is 0 Å². The van der Waals surface area contributed by atoms with Crippen molar-refractivity contribution in [2.45, 2.75) is 25.8 Å². The molecule has 8 nitrogen and oxygen atoms in total. The molecule has 0 radical (unpaired) electrons. The number of halogens is 1. The molecule has 0 aliphatic carbocycles. The van der Waals surface area contributed by atoms with Crippen LogP contribution in [0.2, 0.25) is 0 Å². The second kappa shape index (κ2) is 6.25. The van der Waals surface area contributed by atoms with Crippen LogP contribution in [0.25, 0.3) is 0 Å². The Morgan fingerprint density at radius 3 is 2.50 bits per heavy atom. The summed E-state index contributed by atoms with van der Waals surface area (Å²) in [6.07, 6.45) is 0.884. The smallest absolute Gasteiger partial charge is 0.355 e. The first kappa shape index (κ1) is 17.6. The number of benzene rings is 1. The molecule has 1 fully saturated rings. The number of ether oxygens (including phenoxy) is 1. The fraction of sp³-hybridized carbons (Fsp3) is 0.294. The molecule has 1 aromatic carbocycles. The predicted molar refractivity (Wildman–Crippen MR) is 86.6 cm³/mol. The lowest BCUT2D eigenvalue weighted by molar-refractivity contribution is -0.144. The van der Waals surface area contributed by atoms with Gasteiger partial charge in [0.2, 0.25) is 11.8 Å². The van der Waals surface area contributed by atoms with Gasteiger partial charge in [0, 0.05) is 6.92 Å². The summed E-state index contributed by atoms with van der Waals surface area (Å²) in [6.45, 7) is 2.93. The molecule has 1 atom stereocenters. The van der Waals surface area contributed by atoms with Crippen LogP contribution in [0.5, 0.6) is 0 Å². The third kappa shape index (κ3) is 2.61. The number of nitrogens with zero attached hydrogens (tertiary/aromatic N) is 2. The van der Waals surface area contributed by atoms with Crippen molar-refractivity contribution in [1.82, 2.24) is 10.4 Å². The lowest BCUT2D eigenvalue weighted by atomic mass is 9.96. The lowest BCUT2D eigenvalue weighted by Crippen LogP contribution is -2.56. The van der Waals surface area contributed by atoms with Crippen molar-refractivity contribution in [3.8, 4) is 0 Å². The summed E-state index contributed by atoms with van der Waals surface area (Å²) in [5.41, 5.74) is 0.970. The van der Waals surface area contributed by atoms with E-state index in [0.717, 1.165) is 22.0 Å². The van der Waals surface area contributed by atoms with Crippen molar-refractivity contribution in [2.24, 2.45) is 0 Å². The molecule has 1 N–H and O–H groups in total. The molecule has 26 heavy (non-hydrogen) atoms. The fourth-order valence-electron chi connectivity index (χ4n) is 3.06. The SMILES string of the molecule is CCOC(=O)C1=C[C@]2(CC(=O)N(c3ccc(F)cc3)C2=O)N(C(C)=O)N1. The largest absolute Gasteiger partial charge is 0.461 e. The van der Waals surface area contributed by atoms with Crippen LogP contribution in [0.3, 0.4) is 0 Å². The Hall–Kier alpha value is -3.23. The van der Waals surface area contributed by atoms with E-state index in [1.807, 2.05) is 0 Å². The molecular weight excluding hydrogens is 345 g/mol. The normalized spacial score (nSPS) is 21.9. The van der Waals surface area contributed by atoms with Crippen molar-refractivity contribution in [3.05, 3.63) is 41.9 Å². The minimum atomic E-state index is -1.67. The maximum Gasteiger partial charge on any atom is 0.355 e. The van der Waals surface area contributed by atoms with Gasteiger partial charge in [-0.3, -0.25) is 19.8 Å². The monoisotopic (exact) mass is 361 g/mol. The summed E-state index contributed by atoms with van der Waals surface area (Å²) < 4.78 is 18.0. The number of hydrogen-bond acceptors (Lipinski definition) is 6. The summed E-state index contributed by atoms with van der Waals surface area (Å²) in [6, 6.07) is 4.83. The number of hydrogen-bond donors (Lipinski definition) is 1. The molecule has 2 heterocycles. The first-order valence-corrected chi connectivity index (χ1v) is 7.90. The zero-order valence-corrected chi connectivity index (χ0v) is 14.1. The van der Waals surface area contributed by atoms with E-state index < -0.39 is 35.0 Å². The highest BCUT2D eigenvalue weighted by atomic mass is 19.1. The predicted octanol–water partition coefficient (Wildman–Crippen LogP) is 0.641. The number of esters is 1. The van der Waals surface area contributed by atoms with Crippen LogP contribution < -0.4 is 10.3 Å². The molecule has 2 aliphatic heterocycles. The van der Waals surface area contributed by atoms with Crippen LogP contribution in [0.4, 0.5) is 10.1 Å². The van der Waals surface area contributed by atoms with Gasteiger partial charge in [-0.25, -0.2) is 19.1 Å². The van der Waals surface area contributed by atoms with Crippen LogP contribution in [0.15, 0.2) is 36.0 Å². The van der Waals surface area contributed by atoms with Gasteiger partial charge in [-0.15, -0.1) is 0 Å². The zero-order valence-electron chi connectivity index (χ0n) is 14.1. The Morgan fingerprint density at radius 2 is 1.92 bits per heavy atom. The van der Waals surface area contributed by atoms with E-state index >= 15 is 0 Å². The van der Waals surface area contributed by atoms with E-state index in [2.05, 4.69) is 5.43 Å². The quantitative estimate of drug-likeness (QED) is 0.627. The molecule has 0 aromatic heterocycles. The molecule has 3 rings (SSSR count). The van der Waals surface area contributed by atoms with Gasteiger partial charge in [0.05, 0.1) is 18.7 Å². The minimum absolute atomic E-state index is 0.0934. The van der Waals surface area contributed by atoms with Gasteiger partial charge in [0.15, 0.2) is 5.54 Å². The highest BCUT2D eigenvalue weighted by Gasteiger charge is 2.59. The van der Waals surface area contributed by atoms with E-state index in [9.17, 15) is 23.6 Å². The number of imide groups is 1. The number of anilines is 1. The van der Waals surface area contributed by atoms with Crippen LogP contribution >= 0.6 is 0 Å².